The maximum atomic E-state index is 13.0. The van der Waals surface area contributed by atoms with Gasteiger partial charge in [-0.25, -0.2) is 0 Å². The number of aromatic hydroxyl groups is 1. The molecule has 0 bridgehead atoms. The van der Waals surface area contributed by atoms with E-state index < -0.39 is 22.8 Å². The molecular formula is C24H28O5. The number of rotatable bonds is 3. The number of hydrogen-bond donors (Lipinski definition) is 2. The predicted molar refractivity (Wildman–Crippen MR) is 110 cm³/mol. The topological polar surface area (TPSA) is 83.8 Å². The Labute approximate surface area is 170 Å². The number of esters is 1. The molecule has 0 unspecified atom stereocenters. The van der Waals surface area contributed by atoms with Gasteiger partial charge in [-0.3, -0.25) is 9.59 Å². The third-order valence-electron chi connectivity index (χ3n) is 7.52. The summed E-state index contributed by atoms with van der Waals surface area (Å²) in [6.45, 7) is 6.83. The summed E-state index contributed by atoms with van der Waals surface area (Å²) in [4.78, 5) is 24.2. The molecule has 2 aromatic rings. The van der Waals surface area contributed by atoms with Crippen LogP contribution in [0.3, 0.4) is 0 Å². The molecule has 2 aliphatic carbocycles. The molecule has 0 amide bonds. The molecule has 5 heteroatoms. The lowest BCUT2D eigenvalue weighted by molar-refractivity contribution is -0.165. The van der Waals surface area contributed by atoms with E-state index in [1.54, 1.807) is 12.1 Å². The zero-order chi connectivity index (χ0) is 21.1. The van der Waals surface area contributed by atoms with Crippen LogP contribution in [0, 0.1) is 18.3 Å². The van der Waals surface area contributed by atoms with Gasteiger partial charge in [0.25, 0.3) is 0 Å². The van der Waals surface area contributed by atoms with Crippen LogP contribution in [-0.2, 0) is 20.7 Å². The summed E-state index contributed by atoms with van der Waals surface area (Å²) in [5.41, 5.74) is 1.37. The first-order chi connectivity index (χ1) is 13.6. The number of hydrogen-bond acceptors (Lipinski definition) is 5. The largest absolute Gasteiger partial charge is 0.508 e. The summed E-state index contributed by atoms with van der Waals surface area (Å²) < 4.78 is 4.94. The highest BCUT2D eigenvalue weighted by atomic mass is 16.5. The highest BCUT2D eigenvalue weighted by Crippen LogP contribution is 2.63. The molecule has 154 valence electrons. The fraction of sp³-hybridized carbons (Fsp3) is 0.500. The van der Waals surface area contributed by atoms with Gasteiger partial charge in [-0.1, -0.05) is 26.0 Å². The van der Waals surface area contributed by atoms with Crippen LogP contribution in [0.4, 0.5) is 0 Å². The first-order valence-electron chi connectivity index (χ1n) is 10.2. The first kappa shape index (κ1) is 19.9. The second-order valence-corrected chi connectivity index (χ2v) is 9.07. The zero-order valence-electron chi connectivity index (χ0n) is 17.4. The van der Waals surface area contributed by atoms with Crippen molar-refractivity contribution < 1.29 is 24.5 Å². The Bertz CT molecular complexity index is 1030. The van der Waals surface area contributed by atoms with Crippen LogP contribution in [0.15, 0.2) is 24.3 Å². The molecular weight excluding hydrogens is 368 g/mol. The molecule has 2 aromatic carbocycles. The van der Waals surface area contributed by atoms with Gasteiger partial charge in [-0.15, -0.1) is 0 Å². The lowest BCUT2D eigenvalue weighted by Crippen LogP contribution is -2.56. The van der Waals surface area contributed by atoms with Crippen LogP contribution in [0.1, 0.15) is 56.2 Å². The number of ketones is 1. The molecule has 4 atom stereocenters. The second-order valence-electron chi connectivity index (χ2n) is 9.07. The van der Waals surface area contributed by atoms with Crippen LogP contribution >= 0.6 is 0 Å². The molecule has 0 heterocycles. The van der Waals surface area contributed by atoms with Crippen LogP contribution in [0.5, 0.6) is 5.75 Å². The molecule has 0 aromatic heterocycles. The van der Waals surface area contributed by atoms with Crippen molar-refractivity contribution in [2.45, 2.75) is 58.5 Å². The first-order valence-corrected chi connectivity index (χ1v) is 10.2. The van der Waals surface area contributed by atoms with E-state index in [4.69, 9.17) is 4.74 Å². The predicted octanol–water partition coefficient (Wildman–Crippen LogP) is 3.79. The lowest BCUT2D eigenvalue weighted by Gasteiger charge is -2.46. The van der Waals surface area contributed by atoms with Gasteiger partial charge in [0.05, 0.1) is 0 Å². The maximum absolute atomic E-state index is 13.0. The molecule has 0 radical (unpaired) electrons. The number of phenols is 1. The number of phenolic OH excluding ortho intramolecular Hbond substituents is 1. The molecule has 1 saturated carbocycles. The van der Waals surface area contributed by atoms with Crippen molar-refractivity contribution in [3.63, 3.8) is 0 Å². The van der Waals surface area contributed by atoms with Crippen molar-refractivity contribution in [3.05, 3.63) is 41.0 Å². The summed E-state index contributed by atoms with van der Waals surface area (Å²) in [5.74, 6) is -0.863. The van der Waals surface area contributed by atoms with Gasteiger partial charge in [0.15, 0.2) is 6.61 Å². The number of carbonyl (C=O) groups is 2. The standard InChI is InChI=1S/C24H28O5/c1-13-9-20-18(17-6-5-16(26)11-19(13)17)7-8-23(4)21(20)10-14(2)24(23,28)22(27)12-29-15(3)25/h5-6,9,11,14,21,26,28H,7-8,10,12H2,1-4H3/t14-,21-,23-,24-/m0/s1. The summed E-state index contributed by atoms with van der Waals surface area (Å²) in [6.07, 6.45) is 2.13. The summed E-state index contributed by atoms with van der Waals surface area (Å²) in [6, 6.07) is 7.64. The smallest absolute Gasteiger partial charge is 0.303 e. The Hall–Kier alpha value is -2.40. The lowest BCUT2D eigenvalue weighted by atomic mass is 9.59. The molecule has 0 spiro atoms. The van der Waals surface area contributed by atoms with Gasteiger partial charge >= 0.3 is 5.97 Å². The van der Waals surface area contributed by atoms with Crippen LogP contribution in [-0.4, -0.2) is 34.2 Å². The minimum Gasteiger partial charge on any atom is -0.508 e. The average Bonchev–Trinajstić information content (AvgIpc) is 2.88. The van der Waals surface area contributed by atoms with E-state index in [1.165, 1.54) is 18.1 Å². The highest BCUT2D eigenvalue weighted by Gasteiger charge is 2.65. The van der Waals surface area contributed by atoms with Crippen molar-refractivity contribution in [1.29, 1.82) is 0 Å². The van der Waals surface area contributed by atoms with Crippen LogP contribution in [0.25, 0.3) is 10.8 Å². The fourth-order valence-corrected chi connectivity index (χ4v) is 5.97. The Morgan fingerprint density at radius 1 is 1.24 bits per heavy atom. The maximum Gasteiger partial charge on any atom is 0.303 e. The Morgan fingerprint density at radius 3 is 2.66 bits per heavy atom. The molecule has 4 rings (SSSR count). The van der Waals surface area contributed by atoms with E-state index in [0.717, 1.165) is 22.8 Å². The SMILES string of the molecule is CC(=O)OCC(=O)[C@@]1(O)[C@@H](C)C[C@H]2c3cc(C)c4cc(O)ccc4c3CC[C@@]21C. The third-order valence-corrected chi connectivity index (χ3v) is 7.52. The van der Waals surface area contributed by atoms with E-state index in [-0.39, 0.29) is 24.2 Å². The number of Topliss-reactive ketones (excluding diaryl/α,β-unsaturated/α-hetero) is 1. The third kappa shape index (κ3) is 2.71. The molecule has 29 heavy (non-hydrogen) atoms. The van der Waals surface area contributed by atoms with E-state index >= 15 is 0 Å². The summed E-state index contributed by atoms with van der Waals surface area (Å²) >= 11 is 0. The molecule has 0 aliphatic heterocycles. The van der Waals surface area contributed by atoms with Gasteiger partial charge in [0.2, 0.25) is 5.78 Å². The number of aryl methyl sites for hydroxylation is 2. The number of aliphatic hydroxyl groups is 1. The highest BCUT2D eigenvalue weighted by molar-refractivity contribution is 5.93. The number of benzene rings is 2. The Balaban J connectivity index is 1.82. The Morgan fingerprint density at radius 2 is 1.97 bits per heavy atom. The zero-order valence-corrected chi connectivity index (χ0v) is 17.4. The van der Waals surface area contributed by atoms with Crippen molar-refractivity contribution in [1.82, 2.24) is 0 Å². The monoisotopic (exact) mass is 396 g/mol. The van der Waals surface area contributed by atoms with Crippen LogP contribution in [0.2, 0.25) is 0 Å². The summed E-state index contributed by atoms with van der Waals surface area (Å²) in [5, 5.41) is 23.7. The average molecular weight is 396 g/mol. The van der Waals surface area contributed by atoms with Gasteiger partial charge in [0.1, 0.15) is 11.4 Å². The fourth-order valence-electron chi connectivity index (χ4n) is 5.97. The summed E-state index contributed by atoms with van der Waals surface area (Å²) in [7, 11) is 0. The normalized spacial score (nSPS) is 30.7. The molecule has 5 nitrogen and oxygen atoms in total. The Kier molecular flexibility index (Phi) is 4.50. The van der Waals surface area contributed by atoms with E-state index in [0.29, 0.717) is 12.8 Å². The quantitative estimate of drug-likeness (QED) is 0.771. The van der Waals surface area contributed by atoms with Crippen molar-refractivity contribution in [2.24, 2.45) is 11.3 Å². The minimum absolute atomic E-state index is 0.0458. The van der Waals surface area contributed by atoms with E-state index in [1.807, 2.05) is 26.8 Å². The van der Waals surface area contributed by atoms with E-state index in [9.17, 15) is 19.8 Å². The molecule has 0 saturated heterocycles. The number of ether oxygens (including phenoxy) is 1. The van der Waals surface area contributed by atoms with Gasteiger partial charge in [-0.2, -0.15) is 0 Å². The molecule has 2 aliphatic rings. The minimum atomic E-state index is -1.53. The van der Waals surface area contributed by atoms with Crippen molar-refractivity contribution in [3.8, 4) is 5.75 Å². The van der Waals surface area contributed by atoms with Crippen molar-refractivity contribution >= 4 is 22.5 Å². The van der Waals surface area contributed by atoms with Crippen molar-refractivity contribution in [2.75, 3.05) is 6.61 Å². The molecule has 2 N–H and O–H groups in total. The molecule has 1 fully saturated rings. The second kappa shape index (κ2) is 6.56. The van der Waals surface area contributed by atoms with E-state index in [2.05, 4.69) is 6.07 Å². The van der Waals surface area contributed by atoms with Gasteiger partial charge in [-0.05, 0) is 77.6 Å². The van der Waals surface area contributed by atoms with Gasteiger partial charge < -0.3 is 14.9 Å². The van der Waals surface area contributed by atoms with Gasteiger partial charge in [0, 0.05) is 12.3 Å². The van der Waals surface area contributed by atoms with Crippen LogP contribution < -0.4 is 0 Å². The number of carbonyl (C=O) groups excluding carboxylic acids is 2. The number of fused-ring (bicyclic) bond motifs is 5.